The van der Waals surface area contributed by atoms with E-state index in [0.29, 0.717) is 5.75 Å². The van der Waals surface area contributed by atoms with E-state index in [0.717, 1.165) is 51.4 Å². The van der Waals surface area contributed by atoms with Gasteiger partial charge in [-0.15, -0.1) is 0 Å². The minimum Gasteiger partial charge on any atom is -0.612 e. The quantitative estimate of drug-likeness (QED) is 0.587. The number of carbonyl (C=O) groups is 1. The number of carbonyl (C=O) groups excluding carboxylic acids is 1. The Morgan fingerprint density at radius 2 is 1.74 bits per heavy atom. The van der Waals surface area contributed by atoms with Gasteiger partial charge in [0.05, 0.1) is 5.41 Å². The van der Waals surface area contributed by atoms with E-state index >= 15 is 0 Å². The fourth-order valence-electron chi connectivity index (χ4n) is 4.05. The van der Waals surface area contributed by atoms with Crippen molar-refractivity contribution in [3.8, 4) is 22.6 Å². The Morgan fingerprint density at radius 3 is 2.45 bits per heavy atom. The molecule has 3 aromatic rings. The van der Waals surface area contributed by atoms with Crippen LogP contribution >= 0.6 is 0 Å². The standard InChI is InChI=1S/C25H23NO4S/c1-16-3-7-19(14-21(16)17-4-8-20(9-5-17)31(2)28)26-24(27)25(11-12-25)18-6-10-22-23(13-18)30-15-29-22/h3-10,13-14H,11-12,15H2,1-2H3,(H,26,27). The second-order valence-corrected chi connectivity index (χ2v) is 9.49. The zero-order valence-corrected chi connectivity index (χ0v) is 18.3. The highest BCUT2D eigenvalue weighted by Gasteiger charge is 2.51. The third-order valence-corrected chi connectivity index (χ3v) is 7.04. The van der Waals surface area contributed by atoms with Crippen molar-refractivity contribution in [1.82, 2.24) is 0 Å². The Morgan fingerprint density at radius 1 is 1.00 bits per heavy atom. The zero-order valence-electron chi connectivity index (χ0n) is 17.4. The summed E-state index contributed by atoms with van der Waals surface area (Å²) in [5.41, 5.74) is 4.39. The molecule has 1 amide bonds. The van der Waals surface area contributed by atoms with Crippen LogP contribution in [-0.2, 0) is 21.4 Å². The van der Waals surface area contributed by atoms with E-state index in [9.17, 15) is 9.35 Å². The van der Waals surface area contributed by atoms with Gasteiger partial charge < -0.3 is 19.3 Å². The number of rotatable bonds is 5. The first-order valence-corrected chi connectivity index (χ1v) is 11.8. The van der Waals surface area contributed by atoms with E-state index in [4.69, 9.17) is 9.47 Å². The fraction of sp³-hybridized carbons (Fsp3) is 0.240. The smallest absolute Gasteiger partial charge is 0.235 e. The summed E-state index contributed by atoms with van der Waals surface area (Å²) >= 11 is -1.01. The van der Waals surface area contributed by atoms with Crippen LogP contribution in [0.5, 0.6) is 11.5 Å². The number of fused-ring (bicyclic) bond motifs is 1. The van der Waals surface area contributed by atoms with Gasteiger partial charge in [0.25, 0.3) is 0 Å². The van der Waals surface area contributed by atoms with E-state index in [2.05, 4.69) is 5.32 Å². The molecule has 6 heteroatoms. The summed E-state index contributed by atoms with van der Waals surface area (Å²) in [7, 11) is 0. The maximum atomic E-state index is 13.2. The molecule has 0 spiro atoms. The van der Waals surface area contributed by atoms with Crippen molar-refractivity contribution in [3.05, 3.63) is 71.8 Å². The third-order valence-electron chi connectivity index (χ3n) is 6.10. The first-order chi connectivity index (χ1) is 15.0. The van der Waals surface area contributed by atoms with Gasteiger partial charge in [-0.3, -0.25) is 4.79 Å². The number of amides is 1. The van der Waals surface area contributed by atoms with Crippen LogP contribution in [0, 0.1) is 6.92 Å². The maximum absolute atomic E-state index is 13.2. The first-order valence-electron chi connectivity index (χ1n) is 10.2. The van der Waals surface area contributed by atoms with Crippen molar-refractivity contribution >= 4 is 22.8 Å². The average molecular weight is 434 g/mol. The van der Waals surface area contributed by atoms with Crippen LogP contribution in [0.25, 0.3) is 11.1 Å². The van der Waals surface area contributed by atoms with Gasteiger partial charge in [0, 0.05) is 5.69 Å². The van der Waals surface area contributed by atoms with Crippen molar-refractivity contribution in [3.63, 3.8) is 0 Å². The summed E-state index contributed by atoms with van der Waals surface area (Å²) in [5.74, 6) is 1.42. The number of benzene rings is 3. The summed E-state index contributed by atoms with van der Waals surface area (Å²) in [4.78, 5) is 14.0. The molecule has 1 unspecified atom stereocenters. The minimum atomic E-state index is -1.01. The summed E-state index contributed by atoms with van der Waals surface area (Å²) < 4.78 is 22.5. The van der Waals surface area contributed by atoms with Crippen LogP contribution in [0.15, 0.2) is 65.6 Å². The van der Waals surface area contributed by atoms with Crippen LogP contribution in [0.4, 0.5) is 5.69 Å². The molecule has 5 nitrogen and oxygen atoms in total. The van der Waals surface area contributed by atoms with Gasteiger partial charge in [-0.2, -0.15) is 0 Å². The van der Waals surface area contributed by atoms with Crippen LogP contribution in [0.2, 0.25) is 0 Å². The van der Waals surface area contributed by atoms with Crippen LogP contribution in [0.3, 0.4) is 0 Å². The van der Waals surface area contributed by atoms with Crippen molar-refractivity contribution in [1.29, 1.82) is 0 Å². The third kappa shape index (κ3) is 3.66. The van der Waals surface area contributed by atoms with Crippen molar-refractivity contribution in [2.75, 3.05) is 18.4 Å². The predicted octanol–water partition coefficient (Wildman–Crippen LogP) is 4.80. The Hall–Kier alpha value is -2.96. The van der Waals surface area contributed by atoms with Gasteiger partial charge in [-0.25, -0.2) is 0 Å². The molecule has 1 aliphatic carbocycles. The lowest BCUT2D eigenvalue weighted by Crippen LogP contribution is -2.27. The number of hydrogen-bond donors (Lipinski definition) is 1. The van der Waals surface area contributed by atoms with E-state index in [-0.39, 0.29) is 12.7 Å². The number of anilines is 1. The Bertz CT molecular complexity index is 1150. The minimum absolute atomic E-state index is 0.00195. The van der Waals surface area contributed by atoms with Crippen molar-refractivity contribution < 1.29 is 18.8 Å². The van der Waals surface area contributed by atoms with Gasteiger partial charge in [0.15, 0.2) is 16.4 Å². The molecule has 2 aliphatic rings. The van der Waals surface area contributed by atoms with Crippen LogP contribution in [0.1, 0.15) is 24.0 Å². The Kier molecular flexibility index (Phi) is 4.91. The van der Waals surface area contributed by atoms with E-state index in [1.807, 2.05) is 67.6 Å². The van der Waals surface area contributed by atoms with Gasteiger partial charge >= 0.3 is 0 Å². The SMILES string of the molecule is Cc1ccc(NC(=O)C2(c3ccc4c(c3)OCO4)CC2)cc1-c1ccc([S+](C)[O-])cc1. The summed E-state index contributed by atoms with van der Waals surface area (Å²) in [5, 5.41) is 3.12. The fourth-order valence-corrected chi connectivity index (χ4v) is 4.57. The lowest BCUT2D eigenvalue weighted by Gasteiger charge is -2.17. The molecular weight excluding hydrogens is 410 g/mol. The Labute approximate surface area is 184 Å². The van der Waals surface area contributed by atoms with Crippen molar-refractivity contribution in [2.45, 2.75) is 30.1 Å². The molecule has 1 N–H and O–H groups in total. The molecule has 158 valence electrons. The van der Waals surface area contributed by atoms with Crippen molar-refractivity contribution in [2.24, 2.45) is 0 Å². The topological polar surface area (TPSA) is 70.6 Å². The number of hydrogen-bond acceptors (Lipinski definition) is 4. The highest BCUT2D eigenvalue weighted by atomic mass is 32.2. The largest absolute Gasteiger partial charge is 0.612 e. The van der Waals surface area contributed by atoms with Crippen LogP contribution < -0.4 is 14.8 Å². The molecule has 31 heavy (non-hydrogen) atoms. The number of nitrogens with one attached hydrogen (secondary N) is 1. The normalized spacial score (nSPS) is 16.6. The summed E-state index contributed by atoms with van der Waals surface area (Å²) in [6.07, 6.45) is 3.30. The van der Waals surface area contributed by atoms with E-state index < -0.39 is 16.6 Å². The Balaban J connectivity index is 1.39. The molecule has 1 saturated carbocycles. The molecule has 0 saturated heterocycles. The average Bonchev–Trinajstić information content (AvgIpc) is 3.46. The molecular formula is C25H23NO4S. The molecule has 1 fully saturated rings. The monoisotopic (exact) mass is 433 g/mol. The van der Waals surface area contributed by atoms with Gasteiger partial charge in [-0.1, -0.05) is 12.1 Å². The first kappa shape index (κ1) is 20.0. The molecule has 1 aliphatic heterocycles. The van der Waals surface area contributed by atoms with Gasteiger partial charge in [0.2, 0.25) is 12.7 Å². The summed E-state index contributed by atoms with van der Waals surface area (Å²) in [6, 6.07) is 19.4. The molecule has 0 bridgehead atoms. The molecule has 0 radical (unpaired) electrons. The lowest BCUT2D eigenvalue weighted by atomic mass is 9.94. The van der Waals surface area contributed by atoms with Gasteiger partial charge in [-0.05, 0) is 102 Å². The second-order valence-electron chi connectivity index (χ2n) is 8.11. The summed E-state index contributed by atoms with van der Waals surface area (Å²) in [6.45, 7) is 2.26. The van der Waals surface area contributed by atoms with E-state index in [1.54, 1.807) is 6.26 Å². The molecule has 5 rings (SSSR count). The number of aryl methyl sites for hydroxylation is 1. The second kappa shape index (κ2) is 7.62. The highest BCUT2D eigenvalue weighted by Crippen LogP contribution is 2.51. The number of ether oxygens (including phenoxy) is 2. The molecule has 3 aromatic carbocycles. The van der Waals surface area contributed by atoms with E-state index in [1.165, 1.54) is 0 Å². The maximum Gasteiger partial charge on any atom is 0.235 e. The molecule has 1 atom stereocenters. The van der Waals surface area contributed by atoms with Crippen LogP contribution in [-0.4, -0.2) is 23.5 Å². The lowest BCUT2D eigenvalue weighted by molar-refractivity contribution is -0.118. The highest BCUT2D eigenvalue weighted by molar-refractivity contribution is 7.90. The predicted molar refractivity (Wildman–Crippen MR) is 121 cm³/mol. The molecule has 0 aromatic heterocycles. The van der Waals surface area contributed by atoms with Gasteiger partial charge in [0.1, 0.15) is 6.26 Å². The zero-order chi connectivity index (χ0) is 21.6. The molecule has 1 heterocycles.